The Morgan fingerprint density at radius 1 is 1.07 bits per heavy atom. The molecule has 1 aliphatic rings. The highest BCUT2D eigenvalue weighted by atomic mass is 32.1. The summed E-state index contributed by atoms with van der Waals surface area (Å²) in [6.07, 6.45) is 7.94. The van der Waals surface area contributed by atoms with E-state index in [2.05, 4.69) is 47.0 Å². The molecule has 1 fully saturated rings. The van der Waals surface area contributed by atoms with Gasteiger partial charge in [0.2, 0.25) is 0 Å². The summed E-state index contributed by atoms with van der Waals surface area (Å²) in [4.78, 5) is 0. The van der Waals surface area contributed by atoms with Crippen LogP contribution < -0.4 is 20.2 Å². The molecule has 1 saturated carbocycles. The summed E-state index contributed by atoms with van der Waals surface area (Å²) in [6, 6.07) is 14.6. The van der Waals surface area contributed by atoms with Crippen molar-refractivity contribution in [3.05, 3.63) is 59.2 Å². The number of rotatable bonds is 8. The third-order valence-corrected chi connectivity index (χ3v) is 5.31. The maximum Gasteiger partial charge on any atom is 0.187 e. The fraction of sp³-hybridized carbons (Fsp3) is 0.417. The standard InChI is InChI=1S/C24H31N3O2S/c1-3-28-23-15-20(16-25-27-24(30)26-21-7-5-4-6-8-21)13-14-22(23)29-17-19-11-9-18(2)10-12-19/h9-16,21H,3-8,17H2,1-2H3,(H2,26,27,30)/b25-16+. The van der Waals surface area contributed by atoms with Crippen molar-refractivity contribution in [1.82, 2.24) is 10.7 Å². The fourth-order valence-electron chi connectivity index (χ4n) is 3.47. The Kier molecular flexibility index (Phi) is 8.51. The second-order valence-corrected chi connectivity index (χ2v) is 8.00. The number of thiocarbonyl (C=S) groups is 1. The average Bonchev–Trinajstić information content (AvgIpc) is 2.75. The van der Waals surface area contributed by atoms with Gasteiger partial charge in [0.1, 0.15) is 6.61 Å². The van der Waals surface area contributed by atoms with Gasteiger partial charge in [0, 0.05) is 6.04 Å². The molecule has 0 saturated heterocycles. The molecular formula is C24H31N3O2S. The van der Waals surface area contributed by atoms with Gasteiger partial charge in [0.25, 0.3) is 0 Å². The molecule has 0 aliphatic heterocycles. The van der Waals surface area contributed by atoms with Gasteiger partial charge in [-0.3, -0.25) is 5.43 Å². The smallest absolute Gasteiger partial charge is 0.187 e. The first kappa shape index (κ1) is 22.1. The van der Waals surface area contributed by atoms with Gasteiger partial charge in [-0.1, -0.05) is 49.1 Å². The van der Waals surface area contributed by atoms with Crippen LogP contribution in [0.2, 0.25) is 0 Å². The molecule has 2 aromatic rings. The predicted octanol–water partition coefficient (Wildman–Crippen LogP) is 5.10. The van der Waals surface area contributed by atoms with Crippen LogP contribution >= 0.6 is 12.2 Å². The number of ether oxygens (including phenoxy) is 2. The van der Waals surface area contributed by atoms with E-state index in [0.717, 1.165) is 16.9 Å². The predicted molar refractivity (Wildman–Crippen MR) is 126 cm³/mol. The van der Waals surface area contributed by atoms with E-state index < -0.39 is 0 Å². The number of hydrogen-bond acceptors (Lipinski definition) is 4. The maximum absolute atomic E-state index is 5.98. The number of benzene rings is 2. The lowest BCUT2D eigenvalue weighted by Gasteiger charge is -2.23. The van der Waals surface area contributed by atoms with E-state index in [1.807, 2.05) is 25.1 Å². The number of hydrazone groups is 1. The zero-order chi connectivity index (χ0) is 21.2. The SMILES string of the molecule is CCOc1cc(/C=N/NC(=S)NC2CCCCC2)ccc1OCc1ccc(C)cc1. The first-order chi connectivity index (χ1) is 14.6. The molecule has 5 nitrogen and oxygen atoms in total. The third kappa shape index (κ3) is 7.02. The largest absolute Gasteiger partial charge is 0.490 e. The first-order valence-electron chi connectivity index (χ1n) is 10.7. The Balaban J connectivity index is 1.55. The van der Waals surface area contributed by atoms with Crippen molar-refractivity contribution in [2.75, 3.05) is 6.61 Å². The Morgan fingerprint density at radius 3 is 2.57 bits per heavy atom. The molecule has 2 aromatic carbocycles. The summed E-state index contributed by atoms with van der Waals surface area (Å²) >= 11 is 5.35. The Morgan fingerprint density at radius 2 is 1.83 bits per heavy atom. The molecule has 0 aromatic heterocycles. The van der Waals surface area contributed by atoms with Gasteiger partial charge in [-0.05, 0) is 68.2 Å². The number of aryl methyl sites for hydroxylation is 1. The Bertz CT molecular complexity index is 846. The van der Waals surface area contributed by atoms with E-state index in [1.54, 1.807) is 6.21 Å². The monoisotopic (exact) mass is 425 g/mol. The molecule has 0 spiro atoms. The molecule has 3 rings (SSSR count). The molecule has 1 aliphatic carbocycles. The lowest BCUT2D eigenvalue weighted by atomic mass is 9.96. The van der Waals surface area contributed by atoms with E-state index in [9.17, 15) is 0 Å². The minimum absolute atomic E-state index is 0.462. The molecule has 0 bridgehead atoms. The summed E-state index contributed by atoms with van der Waals surface area (Å²) < 4.78 is 11.7. The molecule has 160 valence electrons. The van der Waals surface area contributed by atoms with Gasteiger partial charge in [0.05, 0.1) is 12.8 Å². The van der Waals surface area contributed by atoms with Crippen LogP contribution in [0.4, 0.5) is 0 Å². The van der Waals surface area contributed by atoms with Crippen LogP contribution in [-0.4, -0.2) is 24.0 Å². The molecule has 6 heteroatoms. The van der Waals surface area contributed by atoms with Gasteiger partial charge in [0.15, 0.2) is 16.6 Å². The van der Waals surface area contributed by atoms with Crippen molar-refractivity contribution < 1.29 is 9.47 Å². The van der Waals surface area contributed by atoms with Gasteiger partial charge < -0.3 is 14.8 Å². The second-order valence-electron chi connectivity index (χ2n) is 7.59. The highest BCUT2D eigenvalue weighted by Crippen LogP contribution is 2.29. The van der Waals surface area contributed by atoms with Crippen LogP contribution in [0, 0.1) is 6.92 Å². The van der Waals surface area contributed by atoms with Crippen molar-refractivity contribution >= 4 is 23.5 Å². The van der Waals surface area contributed by atoms with Crippen LogP contribution in [0.1, 0.15) is 55.7 Å². The normalized spacial score (nSPS) is 14.5. The van der Waals surface area contributed by atoms with Crippen LogP contribution in [0.5, 0.6) is 11.5 Å². The molecule has 0 heterocycles. The fourth-order valence-corrected chi connectivity index (χ4v) is 3.69. The maximum atomic E-state index is 5.98. The van der Waals surface area contributed by atoms with Gasteiger partial charge in [-0.2, -0.15) is 5.10 Å². The molecule has 0 amide bonds. The number of nitrogens with zero attached hydrogens (tertiary/aromatic N) is 1. The van der Waals surface area contributed by atoms with Crippen LogP contribution in [0.15, 0.2) is 47.6 Å². The minimum atomic E-state index is 0.462. The van der Waals surface area contributed by atoms with Crippen molar-refractivity contribution in [2.24, 2.45) is 5.10 Å². The van der Waals surface area contributed by atoms with Crippen LogP contribution in [0.3, 0.4) is 0 Å². The summed E-state index contributed by atoms with van der Waals surface area (Å²) in [6.45, 7) is 5.10. The summed E-state index contributed by atoms with van der Waals surface area (Å²) in [7, 11) is 0. The zero-order valence-corrected chi connectivity index (χ0v) is 18.6. The lowest BCUT2D eigenvalue weighted by Crippen LogP contribution is -2.40. The van der Waals surface area contributed by atoms with Gasteiger partial charge in [-0.25, -0.2) is 0 Å². The molecule has 30 heavy (non-hydrogen) atoms. The zero-order valence-electron chi connectivity index (χ0n) is 17.8. The number of nitrogens with one attached hydrogen (secondary N) is 2. The van der Waals surface area contributed by atoms with E-state index in [1.165, 1.54) is 37.7 Å². The lowest BCUT2D eigenvalue weighted by molar-refractivity contribution is 0.269. The second kappa shape index (κ2) is 11.6. The molecular weight excluding hydrogens is 394 g/mol. The van der Waals surface area contributed by atoms with Gasteiger partial charge in [-0.15, -0.1) is 0 Å². The molecule has 0 atom stereocenters. The van der Waals surface area contributed by atoms with Crippen molar-refractivity contribution in [3.8, 4) is 11.5 Å². The average molecular weight is 426 g/mol. The topological polar surface area (TPSA) is 54.9 Å². The van der Waals surface area contributed by atoms with Crippen LogP contribution in [-0.2, 0) is 6.61 Å². The quantitative estimate of drug-likeness (QED) is 0.350. The molecule has 0 unspecified atom stereocenters. The summed E-state index contributed by atoms with van der Waals surface area (Å²) in [5.41, 5.74) is 6.18. The Hall–Kier alpha value is -2.60. The summed E-state index contributed by atoms with van der Waals surface area (Å²) in [5, 5.41) is 8.18. The van der Waals surface area contributed by atoms with Gasteiger partial charge >= 0.3 is 0 Å². The summed E-state index contributed by atoms with van der Waals surface area (Å²) in [5.74, 6) is 1.42. The van der Waals surface area contributed by atoms with Crippen molar-refractivity contribution in [3.63, 3.8) is 0 Å². The van der Waals surface area contributed by atoms with E-state index in [0.29, 0.717) is 30.1 Å². The molecule has 2 N–H and O–H groups in total. The molecule has 0 radical (unpaired) electrons. The van der Waals surface area contributed by atoms with E-state index >= 15 is 0 Å². The third-order valence-electron chi connectivity index (χ3n) is 5.10. The highest BCUT2D eigenvalue weighted by Gasteiger charge is 2.13. The first-order valence-corrected chi connectivity index (χ1v) is 11.1. The number of hydrogen-bond donors (Lipinski definition) is 2. The highest BCUT2D eigenvalue weighted by molar-refractivity contribution is 7.80. The van der Waals surface area contributed by atoms with Crippen molar-refractivity contribution in [1.29, 1.82) is 0 Å². The van der Waals surface area contributed by atoms with E-state index in [4.69, 9.17) is 21.7 Å². The Labute approximate surface area is 184 Å². The van der Waals surface area contributed by atoms with Crippen LogP contribution in [0.25, 0.3) is 0 Å². The van der Waals surface area contributed by atoms with E-state index in [-0.39, 0.29) is 0 Å². The minimum Gasteiger partial charge on any atom is -0.490 e. The van der Waals surface area contributed by atoms with Crippen molar-refractivity contribution in [2.45, 2.75) is 58.6 Å².